The average molecular weight is 458 g/mol. The highest BCUT2D eigenvalue weighted by molar-refractivity contribution is 5.99. The molecule has 1 saturated heterocycles. The summed E-state index contributed by atoms with van der Waals surface area (Å²) < 4.78 is 41.1. The number of pyridine rings is 1. The third-order valence-corrected chi connectivity index (χ3v) is 6.77. The number of alkyl halides is 3. The summed E-state index contributed by atoms with van der Waals surface area (Å²) in [5, 5.41) is 20.9. The molecule has 0 spiro atoms. The zero-order valence-corrected chi connectivity index (χ0v) is 18.6. The maximum Gasteiger partial charge on any atom is 0.417 e. The molecular formula is C24H25F3N4O2. The summed E-state index contributed by atoms with van der Waals surface area (Å²) in [6, 6.07) is 8.88. The summed E-state index contributed by atoms with van der Waals surface area (Å²) in [7, 11) is 1.61. The molecule has 2 heterocycles. The van der Waals surface area contributed by atoms with Crippen molar-refractivity contribution in [3.05, 3.63) is 52.7 Å². The number of aryl methyl sites for hydroxylation is 2. The number of fused-ring (bicyclic) bond motifs is 1. The summed E-state index contributed by atoms with van der Waals surface area (Å²) in [6.45, 7) is 3.26. The lowest BCUT2D eigenvalue weighted by molar-refractivity contribution is -0.137. The molecule has 3 atom stereocenters. The summed E-state index contributed by atoms with van der Waals surface area (Å²) in [5.41, 5.74) is -1.28. The van der Waals surface area contributed by atoms with E-state index in [2.05, 4.69) is 4.98 Å². The third-order valence-electron chi connectivity index (χ3n) is 6.77. The summed E-state index contributed by atoms with van der Waals surface area (Å²) in [6.07, 6.45) is -3.04. The first kappa shape index (κ1) is 23.1. The molecular weight excluding hydrogens is 433 g/mol. The number of carbonyl (C=O) groups excluding carboxylic acids is 1. The van der Waals surface area contributed by atoms with Crippen molar-refractivity contribution in [2.45, 2.75) is 50.9 Å². The molecule has 1 aliphatic carbocycles. The molecule has 9 heteroatoms. The summed E-state index contributed by atoms with van der Waals surface area (Å²) in [4.78, 5) is 20.9. The van der Waals surface area contributed by atoms with Crippen molar-refractivity contribution in [1.82, 2.24) is 4.98 Å². The van der Waals surface area contributed by atoms with E-state index in [1.807, 2.05) is 25.1 Å². The van der Waals surface area contributed by atoms with Crippen molar-refractivity contribution in [1.29, 1.82) is 5.26 Å². The number of carbonyl (C=O) groups is 1. The SMILES string of the molecule is Cc1cccc(N(C)C(=O)[C@H]2C3CCCC3(O)CN2c2nc(C)cc(C(F)(F)F)c2C#N)c1. The minimum atomic E-state index is -4.75. The van der Waals surface area contributed by atoms with Gasteiger partial charge in [0.15, 0.2) is 0 Å². The number of hydrogen-bond donors (Lipinski definition) is 1. The van der Waals surface area contributed by atoms with E-state index in [1.165, 1.54) is 16.7 Å². The second kappa shape index (κ2) is 8.03. The Morgan fingerprint density at radius 2 is 2.06 bits per heavy atom. The molecule has 1 aromatic carbocycles. The molecule has 0 radical (unpaired) electrons. The van der Waals surface area contributed by atoms with E-state index < -0.39 is 34.9 Å². The Bertz CT molecular complexity index is 1140. The lowest BCUT2D eigenvalue weighted by Gasteiger charge is -2.32. The lowest BCUT2D eigenvalue weighted by atomic mass is 9.89. The number of β-amino-alcohol motifs (C(OH)–C–C–N with tert-alkyl or cyclic N) is 1. The normalized spacial score (nSPS) is 24.5. The molecule has 2 aromatic rings. The molecule has 1 amide bonds. The smallest absolute Gasteiger partial charge is 0.388 e. The predicted molar refractivity (Wildman–Crippen MR) is 117 cm³/mol. The number of halogens is 3. The van der Waals surface area contributed by atoms with Crippen LogP contribution in [0.2, 0.25) is 0 Å². The number of nitriles is 1. The van der Waals surface area contributed by atoms with E-state index in [4.69, 9.17) is 0 Å². The largest absolute Gasteiger partial charge is 0.417 e. The van der Waals surface area contributed by atoms with Crippen molar-refractivity contribution < 1.29 is 23.1 Å². The maximum atomic E-state index is 13.7. The highest BCUT2D eigenvalue weighted by Gasteiger charge is 2.58. The van der Waals surface area contributed by atoms with Crippen molar-refractivity contribution >= 4 is 17.4 Å². The first-order chi connectivity index (χ1) is 15.5. The fourth-order valence-corrected chi connectivity index (χ4v) is 5.21. The Morgan fingerprint density at radius 3 is 2.70 bits per heavy atom. The Kier molecular flexibility index (Phi) is 5.61. The minimum Gasteiger partial charge on any atom is -0.388 e. The molecule has 1 N–H and O–H groups in total. The van der Waals surface area contributed by atoms with E-state index in [1.54, 1.807) is 19.2 Å². The third kappa shape index (κ3) is 3.93. The monoisotopic (exact) mass is 458 g/mol. The molecule has 0 bridgehead atoms. The molecule has 1 aromatic heterocycles. The van der Waals surface area contributed by atoms with Crippen LogP contribution in [0.25, 0.3) is 0 Å². The van der Waals surface area contributed by atoms with Gasteiger partial charge in [-0.1, -0.05) is 18.6 Å². The molecule has 6 nitrogen and oxygen atoms in total. The van der Waals surface area contributed by atoms with E-state index in [-0.39, 0.29) is 24.0 Å². The number of likely N-dealkylation sites (N-methyl/N-ethyl adjacent to an activating group) is 1. The number of nitrogens with zero attached hydrogens (tertiary/aromatic N) is 4. The first-order valence-corrected chi connectivity index (χ1v) is 10.8. The van der Waals surface area contributed by atoms with Crippen LogP contribution in [0.15, 0.2) is 30.3 Å². The van der Waals surface area contributed by atoms with E-state index in [0.29, 0.717) is 24.9 Å². The second-order valence-electron chi connectivity index (χ2n) is 9.03. The van der Waals surface area contributed by atoms with Gasteiger partial charge in [-0.2, -0.15) is 18.4 Å². The van der Waals surface area contributed by atoms with E-state index >= 15 is 0 Å². The number of benzene rings is 1. The van der Waals surface area contributed by atoms with Gasteiger partial charge in [0, 0.05) is 30.9 Å². The Balaban J connectivity index is 1.84. The van der Waals surface area contributed by atoms with E-state index in [0.717, 1.165) is 11.6 Å². The molecule has 174 valence electrons. The van der Waals surface area contributed by atoms with Crippen LogP contribution in [0, 0.1) is 31.1 Å². The van der Waals surface area contributed by atoms with Crippen LogP contribution in [0.5, 0.6) is 0 Å². The van der Waals surface area contributed by atoms with Crippen molar-refractivity contribution in [3.63, 3.8) is 0 Å². The molecule has 2 unspecified atom stereocenters. The van der Waals surface area contributed by atoms with Crippen molar-refractivity contribution in [3.8, 4) is 6.07 Å². The number of amides is 1. The van der Waals surface area contributed by atoms with Crippen LogP contribution in [-0.2, 0) is 11.0 Å². The fraction of sp³-hybridized carbons (Fsp3) is 0.458. The molecule has 4 rings (SSSR count). The fourth-order valence-electron chi connectivity index (χ4n) is 5.21. The number of aromatic nitrogens is 1. The molecule has 1 aliphatic heterocycles. The number of rotatable bonds is 3. The highest BCUT2D eigenvalue weighted by atomic mass is 19.4. The van der Waals surface area contributed by atoms with Crippen LogP contribution in [0.1, 0.15) is 41.6 Å². The van der Waals surface area contributed by atoms with Gasteiger partial charge in [-0.3, -0.25) is 4.79 Å². The van der Waals surface area contributed by atoms with Crippen LogP contribution in [0.4, 0.5) is 24.7 Å². The van der Waals surface area contributed by atoms with Crippen molar-refractivity contribution in [2.24, 2.45) is 5.92 Å². The summed E-state index contributed by atoms with van der Waals surface area (Å²) >= 11 is 0. The molecule has 33 heavy (non-hydrogen) atoms. The van der Waals surface area contributed by atoms with Gasteiger partial charge in [-0.05, 0) is 50.5 Å². The van der Waals surface area contributed by atoms with Gasteiger partial charge in [-0.25, -0.2) is 4.98 Å². The zero-order chi connectivity index (χ0) is 24.1. The maximum absolute atomic E-state index is 13.7. The Morgan fingerprint density at radius 1 is 1.33 bits per heavy atom. The topological polar surface area (TPSA) is 80.5 Å². The van der Waals surface area contributed by atoms with Crippen LogP contribution in [0.3, 0.4) is 0 Å². The Labute approximate surface area is 190 Å². The standard InChI is InChI=1S/C24H25F3N4O2/c1-14-6-4-7-16(10-14)30(3)22(32)20-18-8-5-9-23(18,33)13-31(20)21-17(12-28)19(24(25,26)27)11-15(2)29-21/h4,6-7,10-11,18,20,33H,5,8-9,13H2,1-3H3/t18?,20-,23?/m1/s1. The van der Waals surface area contributed by atoms with Gasteiger partial charge in [0.1, 0.15) is 23.5 Å². The van der Waals surface area contributed by atoms with Gasteiger partial charge >= 0.3 is 6.18 Å². The van der Waals surface area contributed by atoms with Gasteiger partial charge < -0.3 is 14.9 Å². The highest BCUT2D eigenvalue weighted by Crippen LogP contribution is 2.48. The van der Waals surface area contributed by atoms with Crippen molar-refractivity contribution in [2.75, 3.05) is 23.4 Å². The number of hydrogen-bond acceptors (Lipinski definition) is 5. The average Bonchev–Trinajstić information content (AvgIpc) is 3.25. The second-order valence-corrected chi connectivity index (χ2v) is 9.03. The number of aliphatic hydroxyl groups is 1. The molecule has 2 aliphatic rings. The predicted octanol–water partition coefficient (Wildman–Crippen LogP) is 3.97. The quantitative estimate of drug-likeness (QED) is 0.753. The van der Waals surface area contributed by atoms with E-state index in [9.17, 15) is 28.3 Å². The van der Waals surface area contributed by atoms with Gasteiger partial charge in [0.25, 0.3) is 0 Å². The van der Waals surface area contributed by atoms with Gasteiger partial charge in [0.2, 0.25) is 5.91 Å². The summed E-state index contributed by atoms with van der Waals surface area (Å²) in [5.74, 6) is -1.03. The van der Waals surface area contributed by atoms with Gasteiger partial charge in [0.05, 0.1) is 11.2 Å². The van der Waals surface area contributed by atoms with Crippen LogP contribution < -0.4 is 9.80 Å². The molecule has 2 fully saturated rings. The van der Waals surface area contributed by atoms with Gasteiger partial charge in [-0.15, -0.1) is 0 Å². The zero-order valence-electron chi connectivity index (χ0n) is 18.6. The molecule has 1 saturated carbocycles. The Hall–Kier alpha value is -3.12. The van der Waals surface area contributed by atoms with Crippen LogP contribution >= 0.6 is 0 Å². The minimum absolute atomic E-state index is 0.0574. The van der Waals surface area contributed by atoms with Crippen LogP contribution in [-0.4, -0.2) is 41.2 Å². The first-order valence-electron chi connectivity index (χ1n) is 10.8. The number of anilines is 2. The lowest BCUT2D eigenvalue weighted by Crippen LogP contribution is -2.48.